The molecule has 18 aromatic carbocycles. The molecule has 4 heterocycles. The fourth-order valence-electron chi connectivity index (χ4n) is 17.6. The standard InChI is InChI=1S/C100H70O12P4/c1-55-47-63-27-9-17-35-71(63)83-84-72-36-18-10-28-64(72)48-56(2)94(84)106-113(105-93(55)83)101-79-43-25-44-80(102-114-107-95-57(3)49-65-29-11-19-37-73(65)85(95)86-74-38-20-12-30-66(74)50-58(4)96(86)108-114)91(79)92-81(103-115-109-97-59(5)51-67-31-13-21-39-75(67)87(97)88-76-40-22-14-32-68(76)52-60(6)98(88)110-115)45-26-46-82(92)104-116-111-99-61(7)53-69-33-15-23-41-77(69)89(99)90-78-42-24-16-34-70(78)54-62(8)100(90)112-116/h9-54H,1-8H3. The van der Waals surface area contributed by atoms with Crippen molar-refractivity contribution in [1.82, 2.24) is 0 Å². The summed E-state index contributed by atoms with van der Waals surface area (Å²) in [5.74, 6) is 0.992. The Morgan fingerprint density at radius 2 is 0.310 bits per heavy atom. The molecule has 562 valence electrons. The number of fused-ring (bicyclic) bond motifs is 28. The molecule has 12 nitrogen and oxygen atoms in total. The zero-order chi connectivity index (χ0) is 77.9. The van der Waals surface area contributed by atoms with Crippen molar-refractivity contribution in [2.75, 3.05) is 0 Å². The molecule has 0 atom stereocenters. The van der Waals surface area contributed by atoms with E-state index in [1.54, 1.807) is 0 Å². The number of aryl methyl sites for hydroxylation is 8. The van der Waals surface area contributed by atoms with Gasteiger partial charge in [0.15, 0.2) is 0 Å². The van der Waals surface area contributed by atoms with Crippen molar-refractivity contribution >= 4 is 207 Å². The molecule has 22 aromatic rings. The minimum absolute atomic E-state index is 0.248. The van der Waals surface area contributed by atoms with E-state index in [2.05, 4.69) is 298 Å². The summed E-state index contributed by atoms with van der Waals surface area (Å²) in [6, 6.07) is 96.0. The summed E-state index contributed by atoms with van der Waals surface area (Å²) in [6.07, 6.45) is 0. The van der Waals surface area contributed by atoms with Crippen molar-refractivity contribution in [3.8, 4) is 34.1 Å². The number of rotatable bonds is 9. The summed E-state index contributed by atoms with van der Waals surface area (Å²) in [4.78, 5) is 0. The molecule has 0 N–H and O–H groups in total. The van der Waals surface area contributed by atoms with Gasteiger partial charge in [-0.05, 0) is 259 Å². The van der Waals surface area contributed by atoms with E-state index >= 15 is 0 Å². The van der Waals surface area contributed by atoms with Gasteiger partial charge < -0.3 is 51.7 Å². The highest BCUT2D eigenvalue weighted by molar-refractivity contribution is 7.33. The van der Waals surface area contributed by atoms with Crippen molar-refractivity contribution in [1.29, 1.82) is 0 Å². The zero-order valence-electron chi connectivity index (χ0n) is 64.2. The monoisotopic (exact) mass is 1590 g/mol. The first kappa shape index (κ1) is 69.5. The molecule has 0 fully saturated rings. The lowest BCUT2D eigenvalue weighted by atomic mass is 9.95. The van der Waals surface area contributed by atoms with E-state index in [0.29, 0.717) is 55.8 Å². The Bertz CT molecular complexity index is 6870. The van der Waals surface area contributed by atoms with Gasteiger partial charge in [-0.25, -0.2) is 0 Å². The highest BCUT2D eigenvalue weighted by Crippen LogP contribution is 2.58. The van der Waals surface area contributed by atoms with Crippen LogP contribution in [0.25, 0.3) is 185 Å². The molecule has 0 aliphatic carbocycles. The van der Waals surface area contributed by atoms with Crippen molar-refractivity contribution in [2.24, 2.45) is 0 Å². The van der Waals surface area contributed by atoms with Crippen LogP contribution in [-0.4, -0.2) is 0 Å². The largest absolute Gasteiger partial charge is 0.453 e. The Kier molecular flexibility index (Phi) is 16.4. The molecule has 116 heavy (non-hydrogen) atoms. The summed E-state index contributed by atoms with van der Waals surface area (Å²) in [5.41, 5.74) is 12.7. The third-order valence-electron chi connectivity index (χ3n) is 22.7. The van der Waals surface area contributed by atoms with Crippen LogP contribution in [0.15, 0.2) is 313 Å². The van der Waals surface area contributed by atoms with E-state index < -0.39 is 33.0 Å². The summed E-state index contributed by atoms with van der Waals surface area (Å²) >= 11 is 0. The smallest absolute Gasteiger partial charge is 0.390 e. The SMILES string of the molecule is Cc1cc2ccccc2c2c1op(Oc1cccc(Op3oc4c(C)cc5ccccc5c4c4c(o3)c(C)cc3ccccc34)c1-c1c(Op3oc4c(C)cc5ccccc5c4c4c(o3)c(C)cc3ccccc34)cccc1Op1oc3c(C)cc4ccccc4c3c3c(o1)c(C)cc1ccccc13)oc1c(C)cc3ccccc3c12. The lowest BCUT2D eigenvalue weighted by Gasteiger charge is -2.18. The van der Waals surface area contributed by atoms with Gasteiger partial charge in [0.05, 0.1) is 11.1 Å². The number of hydrogen-bond acceptors (Lipinski definition) is 12. The Morgan fingerprint density at radius 3 is 0.457 bits per heavy atom. The minimum atomic E-state index is -2.48. The first-order chi connectivity index (χ1) is 56.8. The second-order valence-corrected chi connectivity index (χ2v) is 34.2. The Labute approximate surface area is 667 Å². The van der Waals surface area contributed by atoms with Gasteiger partial charge in [-0.3, -0.25) is 0 Å². The van der Waals surface area contributed by atoms with E-state index in [4.69, 9.17) is 51.7 Å². The average molecular weight is 1590 g/mol. The first-order valence-electron chi connectivity index (χ1n) is 38.6. The molecule has 0 saturated carbocycles. The van der Waals surface area contributed by atoms with Gasteiger partial charge in [-0.1, -0.05) is 206 Å². The summed E-state index contributed by atoms with van der Waals surface area (Å²) < 4.78 is 90.9. The van der Waals surface area contributed by atoms with Crippen LogP contribution in [0.1, 0.15) is 44.5 Å². The average Bonchev–Trinajstić information content (AvgIpc) is 1.43. The number of benzene rings is 18. The maximum Gasteiger partial charge on any atom is 0.453 e. The summed E-state index contributed by atoms with van der Waals surface area (Å²) in [7, 11) is -9.92. The van der Waals surface area contributed by atoms with Gasteiger partial charge in [0.1, 0.15) is 67.7 Å². The normalized spacial score (nSPS) is 12.0. The second kappa shape index (κ2) is 27.3. The Hall–Kier alpha value is -13.2. The highest BCUT2D eigenvalue weighted by atomic mass is 31.1. The maximum atomic E-state index is 7.75. The van der Waals surface area contributed by atoms with Gasteiger partial charge in [0.2, 0.25) is 0 Å². The fourth-order valence-corrected chi connectivity index (χ4v) is 22.4. The van der Waals surface area contributed by atoms with Gasteiger partial charge in [0, 0.05) is 43.1 Å². The lowest BCUT2D eigenvalue weighted by molar-refractivity contribution is 0.477. The van der Waals surface area contributed by atoms with Crippen LogP contribution < -0.4 is 18.1 Å². The van der Waals surface area contributed by atoms with Crippen molar-refractivity contribution in [2.45, 2.75) is 55.4 Å². The molecule has 0 radical (unpaired) electrons. The molecule has 4 aromatic heterocycles. The molecular weight excluding hydrogens is 1520 g/mol. The van der Waals surface area contributed by atoms with Crippen LogP contribution in [0, 0.1) is 55.4 Å². The van der Waals surface area contributed by atoms with Crippen LogP contribution in [0.2, 0.25) is 0 Å². The van der Waals surface area contributed by atoms with Crippen LogP contribution >= 0.6 is 33.0 Å². The zero-order valence-corrected chi connectivity index (χ0v) is 67.8. The Morgan fingerprint density at radius 1 is 0.172 bits per heavy atom. The highest BCUT2D eigenvalue weighted by Gasteiger charge is 2.31. The molecule has 16 heteroatoms. The first-order valence-corrected chi connectivity index (χ1v) is 43.0. The van der Waals surface area contributed by atoms with E-state index in [-0.39, 0.29) is 23.0 Å². The quantitative estimate of drug-likeness (QED) is 0.136. The molecule has 0 saturated heterocycles. The maximum absolute atomic E-state index is 7.75. The van der Waals surface area contributed by atoms with Crippen molar-refractivity contribution < 1.29 is 51.7 Å². The number of hydrogen-bond donors (Lipinski definition) is 0. The third-order valence-corrected chi connectivity index (χ3v) is 26.8. The van der Waals surface area contributed by atoms with E-state index in [9.17, 15) is 0 Å². The predicted molar refractivity (Wildman–Crippen MR) is 479 cm³/mol. The molecule has 0 aliphatic rings. The minimum Gasteiger partial charge on any atom is -0.390 e. The predicted octanol–water partition coefficient (Wildman–Crippen LogP) is 32.8. The van der Waals surface area contributed by atoms with Crippen LogP contribution in [0.5, 0.6) is 23.0 Å². The van der Waals surface area contributed by atoms with E-state index in [1.165, 1.54) is 0 Å². The molecule has 0 amide bonds. The van der Waals surface area contributed by atoms with Crippen LogP contribution in [-0.2, 0) is 0 Å². The molecular formula is C100H70O12P4. The van der Waals surface area contributed by atoms with Gasteiger partial charge in [0.25, 0.3) is 0 Å². The van der Waals surface area contributed by atoms with Crippen molar-refractivity contribution in [3.05, 3.63) is 324 Å². The molecule has 0 unspecified atom stereocenters. The molecule has 0 aliphatic heterocycles. The molecule has 0 spiro atoms. The molecule has 22 rings (SSSR count). The second-order valence-electron chi connectivity index (χ2n) is 30.2. The van der Waals surface area contributed by atoms with Gasteiger partial charge in [-0.15, -0.1) is 0 Å². The van der Waals surface area contributed by atoms with E-state index in [0.717, 1.165) is 174 Å². The molecule has 0 bridgehead atoms. The van der Waals surface area contributed by atoms with E-state index in [1.807, 2.05) is 36.4 Å². The van der Waals surface area contributed by atoms with Crippen molar-refractivity contribution in [3.63, 3.8) is 0 Å². The lowest BCUT2D eigenvalue weighted by Crippen LogP contribution is -1.95. The third kappa shape index (κ3) is 11.3. The Balaban J connectivity index is 0.870. The van der Waals surface area contributed by atoms with Crippen LogP contribution in [0.4, 0.5) is 0 Å². The summed E-state index contributed by atoms with van der Waals surface area (Å²) in [6.45, 7) is 16.6. The summed E-state index contributed by atoms with van der Waals surface area (Å²) in [5, 5.41) is 23.6. The topological polar surface area (TPSA) is 142 Å². The van der Waals surface area contributed by atoms with Gasteiger partial charge >= 0.3 is 33.0 Å². The fraction of sp³-hybridized carbons (Fsp3) is 0.0800. The van der Waals surface area contributed by atoms with Crippen LogP contribution in [0.3, 0.4) is 0 Å². The van der Waals surface area contributed by atoms with Gasteiger partial charge in [-0.2, -0.15) is 0 Å².